The molecule has 0 radical (unpaired) electrons. The van der Waals surface area contributed by atoms with Crippen LogP contribution >= 0.6 is 0 Å². The molecule has 0 aliphatic rings. The van der Waals surface area contributed by atoms with Crippen molar-refractivity contribution in [1.29, 1.82) is 0 Å². The summed E-state index contributed by atoms with van der Waals surface area (Å²) in [6.07, 6.45) is 0. The molecule has 0 heterocycles. The minimum atomic E-state index is -0.158. The number of guanidine groups is 1. The Labute approximate surface area is 179 Å². The summed E-state index contributed by atoms with van der Waals surface area (Å²) in [5.41, 5.74) is 2.00. The first kappa shape index (κ1) is 23.2. The Morgan fingerprint density at radius 3 is 2.13 bits per heavy atom. The molecule has 2 rings (SSSR count). The number of nitrogens with one attached hydrogen (secondary N) is 2. The number of hydrogen-bond acceptors (Lipinski definition) is 5. The van der Waals surface area contributed by atoms with Gasteiger partial charge in [-0.25, -0.2) is 0 Å². The van der Waals surface area contributed by atoms with E-state index < -0.39 is 0 Å². The van der Waals surface area contributed by atoms with Gasteiger partial charge >= 0.3 is 0 Å². The zero-order chi connectivity index (χ0) is 22.1. The number of rotatable bonds is 9. The topological polar surface area (TPSA) is 73.3 Å². The summed E-state index contributed by atoms with van der Waals surface area (Å²) in [4.78, 5) is 4.33. The quantitative estimate of drug-likeness (QED) is 0.483. The average molecular weight is 416 g/mol. The number of aliphatic imine (C=N–C) groups is 1. The zero-order valence-corrected chi connectivity index (χ0v) is 19.0. The molecule has 0 aliphatic carbocycles. The van der Waals surface area contributed by atoms with Crippen molar-refractivity contribution in [2.24, 2.45) is 4.99 Å². The van der Waals surface area contributed by atoms with Crippen molar-refractivity contribution in [2.45, 2.75) is 25.8 Å². The summed E-state index contributed by atoms with van der Waals surface area (Å²) in [6, 6.07) is 11.8. The molecule has 0 unspecified atom stereocenters. The van der Waals surface area contributed by atoms with Gasteiger partial charge in [0.1, 0.15) is 11.5 Å². The van der Waals surface area contributed by atoms with Gasteiger partial charge in [-0.1, -0.05) is 19.9 Å². The third-order valence-corrected chi connectivity index (χ3v) is 5.03. The fourth-order valence-electron chi connectivity index (χ4n) is 3.06. The van der Waals surface area contributed by atoms with Gasteiger partial charge in [0.25, 0.3) is 0 Å². The van der Waals surface area contributed by atoms with E-state index in [9.17, 15) is 0 Å². The predicted molar refractivity (Wildman–Crippen MR) is 120 cm³/mol. The van der Waals surface area contributed by atoms with E-state index in [-0.39, 0.29) is 5.41 Å². The number of hydrogen-bond donors (Lipinski definition) is 2. The Morgan fingerprint density at radius 2 is 1.53 bits per heavy atom. The van der Waals surface area contributed by atoms with Crippen molar-refractivity contribution in [3.8, 4) is 23.0 Å². The van der Waals surface area contributed by atoms with Crippen LogP contribution < -0.4 is 29.6 Å². The molecule has 0 bridgehead atoms. The highest BCUT2D eigenvalue weighted by atomic mass is 16.5. The molecule has 164 valence electrons. The molecule has 0 atom stereocenters. The third kappa shape index (κ3) is 5.72. The lowest BCUT2D eigenvalue weighted by molar-refractivity contribution is 0.353. The summed E-state index contributed by atoms with van der Waals surface area (Å²) < 4.78 is 21.5. The molecule has 0 saturated carbocycles. The van der Waals surface area contributed by atoms with E-state index in [2.05, 4.69) is 35.5 Å². The van der Waals surface area contributed by atoms with Crippen molar-refractivity contribution < 1.29 is 18.9 Å². The molecule has 2 aromatic rings. The van der Waals surface area contributed by atoms with Gasteiger partial charge in [-0.3, -0.25) is 4.99 Å². The van der Waals surface area contributed by atoms with E-state index in [1.165, 1.54) is 0 Å². The monoisotopic (exact) mass is 415 g/mol. The molecule has 2 aromatic carbocycles. The van der Waals surface area contributed by atoms with Crippen LogP contribution in [0.25, 0.3) is 0 Å². The molecule has 0 aromatic heterocycles. The Balaban J connectivity index is 2.03. The minimum Gasteiger partial charge on any atom is -0.497 e. The van der Waals surface area contributed by atoms with Gasteiger partial charge in [-0.2, -0.15) is 0 Å². The normalized spacial score (nSPS) is 11.6. The lowest BCUT2D eigenvalue weighted by atomic mass is 9.84. The maximum absolute atomic E-state index is 5.46. The van der Waals surface area contributed by atoms with Crippen molar-refractivity contribution in [1.82, 2.24) is 10.6 Å². The second-order valence-electron chi connectivity index (χ2n) is 7.41. The second-order valence-corrected chi connectivity index (χ2v) is 7.41. The molecule has 7 nitrogen and oxygen atoms in total. The van der Waals surface area contributed by atoms with Crippen LogP contribution in [0.1, 0.15) is 25.0 Å². The summed E-state index contributed by atoms with van der Waals surface area (Å²) in [5, 5.41) is 6.74. The number of methoxy groups -OCH3 is 4. The van der Waals surface area contributed by atoms with Gasteiger partial charge in [-0.05, 0) is 29.8 Å². The molecule has 0 spiro atoms. The van der Waals surface area contributed by atoms with Crippen molar-refractivity contribution >= 4 is 5.96 Å². The van der Waals surface area contributed by atoms with Crippen molar-refractivity contribution in [3.05, 3.63) is 47.5 Å². The maximum atomic E-state index is 5.46. The van der Waals surface area contributed by atoms with Crippen LogP contribution in [0, 0.1) is 0 Å². The van der Waals surface area contributed by atoms with Crippen LogP contribution in [0.2, 0.25) is 0 Å². The molecule has 0 saturated heterocycles. The number of benzene rings is 2. The minimum absolute atomic E-state index is 0.158. The molecule has 30 heavy (non-hydrogen) atoms. The first-order chi connectivity index (χ1) is 14.4. The van der Waals surface area contributed by atoms with E-state index >= 15 is 0 Å². The first-order valence-corrected chi connectivity index (χ1v) is 9.76. The Kier molecular flexibility index (Phi) is 8.21. The van der Waals surface area contributed by atoms with Crippen LogP contribution in [0.5, 0.6) is 23.0 Å². The summed E-state index contributed by atoms with van der Waals surface area (Å²) >= 11 is 0. The van der Waals surface area contributed by atoms with E-state index in [4.69, 9.17) is 18.9 Å². The Hall–Kier alpha value is -3.09. The molecule has 0 amide bonds. The van der Waals surface area contributed by atoms with Gasteiger partial charge < -0.3 is 29.6 Å². The fraction of sp³-hybridized carbons (Fsp3) is 0.435. The highest BCUT2D eigenvalue weighted by Gasteiger charge is 2.23. The highest BCUT2D eigenvalue weighted by Crippen LogP contribution is 2.33. The number of ether oxygens (including phenoxy) is 4. The van der Waals surface area contributed by atoms with Gasteiger partial charge in [0.05, 0.1) is 28.4 Å². The predicted octanol–water partition coefficient (Wildman–Crippen LogP) is 3.36. The van der Waals surface area contributed by atoms with Gasteiger partial charge in [-0.15, -0.1) is 0 Å². The van der Waals surface area contributed by atoms with Crippen LogP contribution in [-0.2, 0) is 12.0 Å². The zero-order valence-electron chi connectivity index (χ0n) is 19.0. The van der Waals surface area contributed by atoms with Gasteiger partial charge in [0, 0.05) is 37.2 Å². The Morgan fingerprint density at radius 1 is 0.833 bits per heavy atom. The largest absolute Gasteiger partial charge is 0.497 e. The highest BCUT2D eigenvalue weighted by molar-refractivity contribution is 5.79. The van der Waals surface area contributed by atoms with Crippen LogP contribution in [0.15, 0.2) is 41.4 Å². The molecular weight excluding hydrogens is 382 g/mol. The van der Waals surface area contributed by atoms with Gasteiger partial charge in [0.15, 0.2) is 17.5 Å². The van der Waals surface area contributed by atoms with E-state index in [1.54, 1.807) is 35.5 Å². The van der Waals surface area contributed by atoms with Crippen LogP contribution in [0.4, 0.5) is 0 Å². The number of nitrogens with zero attached hydrogens (tertiary/aromatic N) is 1. The molecule has 7 heteroatoms. The fourth-order valence-corrected chi connectivity index (χ4v) is 3.06. The molecular formula is C23H33N3O4. The first-order valence-electron chi connectivity index (χ1n) is 9.76. The molecule has 0 aliphatic heterocycles. The molecule has 0 fully saturated rings. The summed E-state index contributed by atoms with van der Waals surface area (Å²) in [7, 11) is 8.32. The van der Waals surface area contributed by atoms with Crippen LogP contribution in [0.3, 0.4) is 0 Å². The van der Waals surface area contributed by atoms with E-state index in [0.29, 0.717) is 19.0 Å². The second kappa shape index (κ2) is 10.6. The Bertz CT molecular complexity index is 866. The molecule has 2 N–H and O–H groups in total. The summed E-state index contributed by atoms with van der Waals surface area (Å²) in [5.74, 6) is 3.67. The third-order valence-electron chi connectivity index (χ3n) is 5.03. The average Bonchev–Trinajstić information content (AvgIpc) is 2.78. The van der Waals surface area contributed by atoms with Crippen molar-refractivity contribution in [2.75, 3.05) is 42.0 Å². The lowest BCUT2D eigenvalue weighted by Gasteiger charge is -2.27. The van der Waals surface area contributed by atoms with E-state index in [0.717, 1.165) is 34.1 Å². The lowest BCUT2D eigenvalue weighted by Crippen LogP contribution is -2.43. The smallest absolute Gasteiger partial charge is 0.191 e. The SMILES string of the molecule is CN=C(NCc1ccc(OC)cc1OC)NCC(C)(C)c1ccc(OC)c(OC)c1. The standard InChI is InChI=1S/C23H33N3O4/c1-23(2,17-9-11-19(28-5)21(12-17)30-7)15-26-22(24-3)25-14-16-8-10-18(27-4)13-20(16)29-6/h8-13H,14-15H2,1-7H3,(H2,24,25,26). The van der Waals surface area contributed by atoms with E-state index in [1.807, 2.05) is 30.3 Å². The van der Waals surface area contributed by atoms with Crippen molar-refractivity contribution in [3.63, 3.8) is 0 Å². The van der Waals surface area contributed by atoms with Gasteiger partial charge in [0.2, 0.25) is 0 Å². The maximum Gasteiger partial charge on any atom is 0.191 e. The van der Waals surface area contributed by atoms with Crippen LogP contribution in [-0.4, -0.2) is 48.0 Å². The summed E-state index contributed by atoms with van der Waals surface area (Å²) in [6.45, 7) is 5.59.